The van der Waals surface area contributed by atoms with Crippen molar-refractivity contribution in [3.8, 4) is 11.4 Å². The van der Waals surface area contributed by atoms with Crippen molar-refractivity contribution in [2.45, 2.75) is 5.16 Å². The van der Waals surface area contributed by atoms with Gasteiger partial charge < -0.3 is 10.5 Å². The van der Waals surface area contributed by atoms with E-state index >= 15 is 0 Å². The van der Waals surface area contributed by atoms with Crippen LogP contribution < -0.4 is 27.3 Å². The summed E-state index contributed by atoms with van der Waals surface area (Å²) in [6.45, 7) is 0. The fraction of sp³-hybridized carbons (Fsp3) is 0.174. The van der Waals surface area contributed by atoms with Crippen LogP contribution in [0.4, 0.5) is 5.82 Å². The highest BCUT2D eigenvalue weighted by Crippen LogP contribution is 2.23. The number of anilines is 1. The molecule has 0 saturated carbocycles. The van der Waals surface area contributed by atoms with Crippen LogP contribution in [-0.4, -0.2) is 37.3 Å². The van der Waals surface area contributed by atoms with Crippen molar-refractivity contribution in [3.05, 3.63) is 85.3 Å². The molecule has 0 saturated heterocycles. The monoisotopic (exact) mass is 479 g/mol. The predicted octanol–water partition coefficient (Wildman–Crippen LogP) is 1.35. The number of methoxy groups -OCH3 is 1. The van der Waals surface area contributed by atoms with E-state index in [1.165, 1.54) is 18.7 Å². The van der Waals surface area contributed by atoms with E-state index < -0.39 is 17.0 Å². The van der Waals surface area contributed by atoms with Gasteiger partial charge in [0.1, 0.15) is 17.1 Å². The van der Waals surface area contributed by atoms with Gasteiger partial charge in [-0.25, -0.2) is 9.78 Å². The number of ether oxygens (including phenoxy) is 1. The van der Waals surface area contributed by atoms with Gasteiger partial charge in [-0.15, -0.1) is 0 Å². The Kier molecular flexibility index (Phi) is 6.12. The third-order valence-corrected chi connectivity index (χ3v) is 6.34. The highest BCUT2D eigenvalue weighted by molar-refractivity contribution is 7.99. The van der Waals surface area contributed by atoms with Gasteiger partial charge in [0, 0.05) is 14.1 Å². The van der Waals surface area contributed by atoms with E-state index in [0.717, 1.165) is 20.9 Å². The molecule has 0 spiro atoms. The van der Waals surface area contributed by atoms with Crippen LogP contribution in [0.3, 0.4) is 0 Å². The number of para-hydroxylation sites is 1. The first-order chi connectivity index (χ1) is 16.2. The van der Waals surface area contributed by atoms with Crippen molar-refractivity contribution < 1.29 is 9.53 Å². The maximum atomic E-state index is 13.3. The van der Waals surface area contributed by atoms with Crippen LogP contribution >= 0.6 is 11.8 Å². The molecule has 0 radical (unpaired) electrons. The lowest BCUT2D eigenvalue weighted by atomic mass is 10.2. The number of ketones is 1. The molecule has 2 N–H and O–H groups in total. The number of carbonyl (C=O) groups excluding carboxylic acids is 1. The number of thioether (sulfide) groups is 1. The summed E-state index contributed by atoms with van der Waals surface area (Å²) < 4.78 is 8.47. The second-order valence-corrected chi connectivity index (χ2v) is 8.37. The lowest BCUT2D eigenvalue weighted by Gasteiger charge is -2.14. The van der Waals surface area contributed by atoms with Crippen LogP contribution in [0.15, 0.2) is 68.1 Å². The topological polar surface area (TPSA) is 131 Å². The first-order valence-corrected chi connectivity index (χ1v) is 11.1. The maximum Gasteiger partial charge on any atom is 0.332 e. The molecule has 10 nitrogen and oxygen atoms in total. The number of Topliss-reactive ketones (excluding diaryl/α,β-unsaturated/α-hetero) is 1. The van der Waals surface area contributed by atoms with Crippen LogP contribution in [0.1, 0.15) is 10.4 Å². The molecular formula is C23H21N5O5S. The van der Waals surface area contributed by atoms with E-state index in [-0.39, 0.29) is 27.8 Å². The summed E-state index contributed by atoms with van der Waals surface area (Å²) in [5, 5.41) is 0.688. The van der Waals surface area contributed by atoms with E-state index in [4.69, 9.17) is 10.5 Å². The van der Waals surface area contributed by atoms with Crippen molar-refractivity contribution in [3.63, 3.8) is 0 Å². The van der Waals surface area contributed by atoms with Crippen molar-refractivity contribution in [2.75, 3.05) is 18.6 Å². The summed E-state index contributed by atoms with van der Waals surface area (Å²) in [6, 6.07) is 13.8. The molecule has 0 fully saturated rings. The van der Waals surface area contributed by atoms with Crippen molar-refractivity contribution >= 4 is 34.3 Å². The van der Waals surface area contributed by atoms with Gasteiger partial charge >= 0.3 is 5.69 Å². The maximum absolute atomic E-state index is 13.3. The zero-order chi connectivity index (χ0) is 24.6. The SMILES string of the molecule is COc1ccc(-n2c(SCC(=O)c3c(N)n(C)c(=O)n(C)c3=O)nc3ccccc3c2=O)cc1. The summed E-state index contributed by atoms with van der Waals surface area (Å²) in [7, 11) is 4.20. The first kappa shape index (κ1) is 23.1. The highest BCUT2D eigenvalue weighted by Gasteiger charge is 2.22. The van der Waals surface area contributed by atoms with E-state index in [9.17, 15) is 19.2 Å². The van der Waals surface area contributed by atoms with E-state index in [0.29, 0.717) is 22.3 Å². The minimum atomic E-state index is -0.773. The number of benzene rings is 2. The summed E-state index contributed by atoms with van der Waals surface area (Å²) >= 11 is 0.997. The molecule has 34 heavy (non-hydrogen) atoms. The molecule has 11 heteroatoms. The Morgan fingerprint density at radius 3 is 2.35 bits per heavy atom. The average Bonchev–Trinajstić information content (AvgIpc) is 2.85. The summed E-state index contributed by atoms with van der Waals surface area (Å²) in [6.07, 6.45) is 0. The molecule has 4 aromatic rings. The number of hydrogen-bond acceptors (Lipinski definition) is 8. The number of hydrogen-bond donors (Lipinski definition) is 1. The van der Waals surface area contributed by atoms with Gasteiger partial charge in [-0.2, -0.15) is 0 Å². The van der Waals surface area contributed by atoms with E-state index in [1.54, 1.807) is 55.6 Å². The number of nitrogens with two attached hydrogens (primary N) is 1. The summed E-state index contributed by atoms with van der Waals surface area (Å²) in [5.41, 5.74) is 4.94. The zero-order valence-electron chi connectivity index (χ0n) is 18.6. The normalized spacial score (nSPS) is 11.0. The minimum absolute atomic E-state index is 0.210. The van der Waals surface area contributed by atoms with Gasteiger partial charge in [0.05, 0.1) is 29.5 Å². The largest absolute Gasteiger partial charge is 0.497 e. The third kappa shape index (κ3) is 3.90. The number of fused-ring (bicyclic) bond motifs is 1. The predicted molar refractivity (Wildman–Crippen MR) is 130 cm³/mol. The van der Waals surface area contributed by atoms with Gasteiger partial charge in [-0.3, -0.25) is 28.1 Å². The smallest absolute Gasteiger partial charge is 0.332 e. The molecule has 0 aliphatic carbocycles. The fourth-order valence-electron chi connectivity index (χ4n) is 3.49. The molecule has 2 heterocycles. The van der Waals surface area contributed by atoms with E-state index in [1.807, 2.05) is 0 Å². The standard InChI is InChI=1S/C23H21N5O5S/c1-26-19(24)18(21(31)27(2)23(26)32)17(29)12-34-22-25-16-7-5-4-6-15(16)20(30)28(22)13-8-10-14(33-3)11-9-13/h4-11H,12,24H2,1-3H3. The van der Waals surface area contributed by atoms with Crippen LogP contribution in [-0.2, 0) is 14.1 Å². The molecule has 0 amide bonds. The molecule has 2 aromatic heterocycles. The lowest BCUT2D eigenvalue weighted by Crippen LogP contribution is -2.41. The number of rotatable bonds is 6. The average molecular weight is 480 g/mol. The van der Waals surface area contributed by atoms with Crippen LogP contribution in [0.25, 0.3) is 16.6 Å². The number of carbonyl (C=O) groups is 1. The molecule has 2 aromatic carbocycles. The number of nitrogens with zero attached hydrogens (tertiary/aromatic N) is 4. The van der Waals surface area contributed by atoms with Gasteiger partial charge in [0.2, 0.25) is 0 Å². The first-order valence-electron chi connectivity index (χ1n) is 10.1. The third-order valence-electron chi connectivity index (χ3n) is 5.40. The molecule has 0 bridgehead atoms. The quantitative estimate of drug-likeness (QED) is 0.249. The Labute approximate surface area is 197 Å². The number of nitrogen functional groups attached to an aromatic ring is 1. The van der Waals surface area contributed by atoms with E-state index in [2.05, 4.69) is 4.98 Å². The molecule has 174 valence electrons. The van der Waals surface area contributed by atoms with Gasteiger partial charge in [-0.1, -0.05) is 23.9 Å². The summed E-state index contributed by atoms with van der Waals surface area (Å²) in [5.74, 6) is -0.394. The molecular weight excluding hydrogens is 458 g/mol. The van der Waals surface area contributed by atoms with Gasteiger partial charge in [0.25, 0.3) is 11.1 Å². The second kappa shape index (κ2) is 9.02. The Morgan fingerprint density at radius 1 is 1.00 bits per heavy atom. The molecule has 0 unspecified atom stereocenters. The Balaban J connectivity index is 1.79. The molecule has 4 rings (SSSR count). The van der Waals surface area contributed by atoms with Gasteiger partial charge in [0.15, 0.2) is 10.9 Å². The fourth-order valence-corrected chi connectivity index (χ4v) is 4.38. The lowest BCUT2D eigenvalue weighted by molar-refractivity contribution is 0.102. The zero-order valence-corrected chi connectivity index (χ0v) is 19.5. The Bertz CT molecular complexity index is 1600. The summed E-state index contributed by atoms with van der Waals surface area (Å²) in [4.78, 5) is 55.5. The number of aromatic nitrogens is 4. The van der Waals surface area contributed by atoms with Gasteiger partial charge in [-0.05, 0) is 36.4 Å². The second-order valence-electron chi connectivity index (χ2n) is 7.43. The van der Waals surface area contributed by atoms with Crippen molar-refractivity contribution in [1.29, 1.82) is 0 Å². The minimum Gasteiger partial charge on any atom is -0.497 e. The molecule has 0 atom stereocenters. The van der Waals surface area contributed by atoms with Crippen LogP contribution in [0, 0.1) is 0 Å². The molecule has 0 aliphatic heterocycles. The Morgan fingerprint density at radius 2 is 1.68 bits per heavy atom. The van der Waals surface area contributed by atoms with Crippen molar-refractivity contribution in [2.24, 2.45) is 14.1 Å². The van der Waals surface area contributed by atoms with Crippen LogP contribution in [0.5, 0.6) is 5.75 Å². The van der Waals surface area contributed by atoms with Crippen molar-refractivity contribution in [1.82, 2.24) is 18.7 Å². The highest BCUT2D eigenvalue weighted by atomic mass is 32.2. The molecule has 0 aliphatic rings. The Hall–Kier alpha value is -4.12. The van der Waals surface area contributed by atoms with Crippen LogP contribution in [0.2, 0.25) is 0 Å².